The van der Waals surface area contributed by atoms with Crippen LogP contribution in [-0.2, 0) is 24.4 Å². The number of H-pyrrole nitrogens is 1. The maximum atomic E-state index is 14.5. The first-order chi connectivity index (χ1) is 19.7. The Morgan fingerprint density at radius 2 is 2.00 bits per heavy atom. The number of carbonyl (C=O) groups excluding carboxylic acids is 3. The van der Waals surface area contributed by atoms with Crippen LogP contribution in [0.25, 0.3) is 0 Å². The minimum absolute atomic E-state index is 0.0120. The van der Waals surface area contributed by atoms with Crippen molar-refractivity contribution in [1.29, 1.82) is 0 Å². The summed E-state index contributed by atoms with van der Waals surface area (Å²) < 4.78 is 16.3. The van der Waals surface area contributed by atoms with Gasteiger partial charge in [-0.1, -0.05) is 31.7 Å². The number of hydrogen-bond donors (Lipinski definition) is 3. The number of aromatic amines is 1. The van der Waals surface area contributed by atoms with E-state index in [2.05, 4.69) is 22.2 Å². The quantitative estimate of drug-likeness (QED) is 0.278. The Morgan fingerprint density at radius 1 is 1.17 bits per heavy atom. The van der Waals surface area contributed by atoms with Gasteiger partial charge in [-0.3, -0.25) is 19.1 Å². The van der Waals surface area contributed by atoms with E-state index in [0.29, 0.717) is 29.1 Å². The summed E-state index contributed by atoms with van der Waals surface area (Å²) >= 11 is 0. The molecule has 9 nitrogen and oxygen atoms in total. The number of aromatic nitrogens is 3. The molecule has 0 bridgehead atoms. The summed E-state index contributed by atoms with van der Waals surface area (Å²) in [6.07, 6.45) is 2.83. The van der Waals surface area contributed by atoms with Crippen molar-refractivity contribution >= 4 is 23.4 Å². The molecule has 1 aliphatic heterocycles. The van der Waals surface area contributed by atoms with Crippen LogP contribution in [0.4, 0.5) is 10.1 Å². The second-order valence-corrected chi connectivity index (χ2v) is 10.2. The van der Waals surface area contributed by atoms with E-state index in [4.69, 9.17) is 5.10 Å². The molecule has 10 heteroatoms. The van der Waals surface area contributed by atoms with Crippen LogP contribution in [0, 0.1) is 12.7 Å². The summed E-state index contributed by atoms with van der Waals surface area (Å²) in [5.74, 6) is -1.50. The monoisotopic (exact) mass is 554 g/mol. The first kappa shape index (κ1) is 27.6. The van der Waals surface area contributed by atoms with Crippen LogP contribution in [0.2, 0.25) is 0 Å². The summed E-state index contributed by atoms with van der Waals surface area (Å²) in [7, 11) is 0. The first-order valence-corrected chi connectivity index (χ1v) is 13.3. The molecule has 41 heavy (non-hydrogen) atoms. The zero-order valence-electron chi connectivity index (χ0n) is 22.9. The van der Waals surface area contributed by atoms with Gasteiger partial charge in [-0.25, -0.2) is 4.39 Å². The molecule has 210 valence electrons. The molecule has 2 aromatic carbocycles. The fourth-order valence-electron chi connectivity index (χ4n) is 5.19. The van der Waals surface area contributed by atoms with Crippen molar-refractivity contribution in [1.82, 2.24) is 25.0 Å². The summed E-state index contributed by atoms with van der Waals surface area (Å²) in [6, 6.07) is 15.7. The minimum Gasteiger partial charge on any atom is -0.357 e. The van der Waals surface area contributed by atoms with E-state index in [0.717, 1.165) is 22.9 Å². The van der Waals surface area contributed by atoms with E-state index >= 15 is 0 Å². The van der Waals surface area contributed by atoms with E-state index in [1.807, 2.05) is 38.1 Å². The lowest BCUT2D eigenvalue weighted by Crippen LogP contribution is -2.38. The Hall–Kier alpha value is -4.99. The predicted molar refractivity (Wildman–Crippen MR) is 153 cm³/mol. The molecule has 3 heterocycles. The van der Waals surface area contributed by atoms with Gasteiger partial charge < -0.3 is 20.5 Å². The number of fused-ring (bicyclic) bond motifs is 1. The number of carbonyl (C=O) groups is 3. The molecule has 0 saturated heterocycles. The Bertz CT molecular complexity index is 1620. The Kier molecular flexibility index (Phi) is 7.82. The van der Waals surface area contributed by atoms with E-state index in [1.54, 1.807) is 40.0 Å². The highest BCUT2D eigenvalue weighted by Gasteiger charge is 2.34. The molecule has 4 aromatic rings. The summed E-state index contributed by atoms with van der Waals surface area (Å²) in [5, 5.41) is 10.3. The van der Waals surface area contributed by atoms with Gasteiger partial charge in [-0.2, -0.15) is 5.10 Å². The summed E-state index contributed by atoms with van der Waals surface area (Å²) in [4.78, 5) is 43.1. The lowest BCUT2D eigenvalue weighted by Gasteiger charge is -2.32. The first-order valence-electron chi connectivity index (χ1n) is 13.3. The molecule has 0 unspecified atom stereocenters. The van der Waals surface area contributed by atoms with Crippen molar-refractivity contribution in [3.8, 4) is 0 Å². The second-order valence-electron chi connectivity index (χ2n) is 10.2. The van der Waals surface area contributed by atoms with Crippen LogP contribution in [0.1, 0.15) is 61.8 Å². The highest BCUT2D eigenvalue weighted by Crippen LogP contribution is 2.32. The number of hydrogen-bond acceptors (Lipinski definition) is 4. The van der Waals surface area contributed by atoms with Gasteiger partial charge in [0.1, 0.15) is 11.5 Å². The largest absolute Gasteiger partial charge is 0.357 e. The molecule has 1 atom stereocenters. The number of nitrogens with one attached hydrogen (secondary N) is 3. The van der Waals surface area contributed by atoms with Crippen molar-refractivity contribution in [2.45, 2.75) is 39.4 Å². The van der Waals surface area contributed by atoms with Crippen molar-refractivity contribution in [3.63, 3.8) is 0 Å². The fraction of sp³-hybridized carbons (Fsp3) is 0.226. The average Bonchev–Trinajstić information content (AvgIpc) is 3.62. The van der Waals surface area contributed by atoms with Crippen LogP contribution in [0.3, 0.4) is 0 Å². The lowest BCUT2D eigenvalue weighted by molar-refractivity contribution is -0.116. The van der Waals surface area contributed by atoms with E-state index < -0.39 is 11.7 Å². The number of amides is 3. The highest BCUT2D eigenvalue weighted by atomic mass is 19.1. The smallest absolute Gasteiger partial charge is 0.276 e. The fourth-order valence-corrected chi connectivity index (χ4v) is 5.19. The molecular weight excluding hydrogens is 523 g/mol. The van der Waals surface area contributed by atoms with E-state index in [9.17, 15) is 18.8 Å². The molecule has 0 aliphatic carbocycles. The van der Waals surface area contributed by atoms with E-state index in [-0.39, 0.29) is 43.1 Å². The molecule has 5 rings (SSSR count). The van der Waals surface area contributed by atoms with Gasteiger partial charge in [0.2, 0.25) is 5.91 Å². The topological polar surface area (TPSA) is 112 Å². The Balaban J connectivity index is 1.49. The molecule has 0 radical (unpaired) electrons. The van der Waals surface area contributed by atoms with Crippen LogP contribution in [0.5, 0.6) is 0 Å². The zero-order valence-corrected chi connectivity index (χ0v) is 22.9. The van der Waals surface area contributed by atoms with Gasteiger partial charge in [0.15, 0.2) is 5.69 Å². The Labute approximate surface area is 237 Å². The molecule has 1 aliphatic rings. The second kappa shape index (κ2) is 11.6. The number of rotatable bonds is 8. The van der Waals surface area contributed by atoms with Crippen molar-refractivity contribution in [2.75, 3.05) is 11.9 Å². The van der Waals surface area contributed by atoms with Crippen LogP contribution < -0.4 is 10.6 Å². The van der Waals surface area contributed by atoms with Crippen LogP contribution in [0.15, 0.2) is 73.4 Å². The molecule has 0 spiro atoms. The SMILES string of the molecule is C=CC(=O)NCc1cc(Cn2nc(C(=O)Nc3cccc(C)c3)c3c2[C@H](C)CN(C(=O)c2ccc[nH]2)C3)ccc1F. The van der Waals surface area contributed by atoms with Crippen LogP contribution >= 0.6 is 0 Å². The third kappa shape index (κ3) is 5.96. The highest BCUT2D eigenvalue weighted by molar-refractivity contribution is 6.04. The van der Waals surface area contributed by atoms with Crippen molar-refractivity contribution in [2.24, 2.45) is 0 Å². The summed E-state index contributed by atoms with van der Waals surface area (Å²) in [5.41, 5.74) is 4.96. The number of anilines is 1. The van der Waals surface area contributed by atoms with Crippen LogP contribution in [-0.4, -0.2) is 43.9 Å². The van der Waals surface area contributed by atoms with Gasteiger partial charge in [0.25, 0.3) is 11.8 Å². The molecule has 0 fully saturated rings. The molecular formula is C31H31FN6O3. The summed E-state index contributed by atoms with van der Waals surface area (Å²) in [6.45, 7) is 8.30. The van der Waals surface area contributed by atoms with Gasteiger partial charge >= 0.3 is 0 Å². The Morgan fingerprint density at radius 3 is 2.73 bits per heavy atom. The predicted octanol–water partition coefficient (Wildman–Crippen LogP) is 4.52. The van der Waals surface area contributed by atoms with E-state index in [1.165, 1.54) is 6.07 Å². The maximum absolute atomic E-state index is 14.5. The van der Waals surface area contributed by atoms with Gasteiger partial charge in [0, 0.05) is 47.7 Å². The zero-order chi connectivity index (χ0) is 29.1. The lowest BCUT2D eigenvalue weighted by atomic mass is 9.95. The average molecular weight is 555 g/mol. The standard InChI is InChI=1S/C31H31FN6O3/c1-4-27(39)34-15-22-14-21(10-11-25(22)32)17-38-29-20(3)16-37(31(41)26-9-6-12-33-26)18-24(29)28(36-38)30(40)35-23-8-5-7-19(2)13-23/h4-14,20,33H,1,15-18H2,2-3H3,(H,34,39)(H,35,40)/t20-/m1/s1. The molecule has 3 amide bonds. The molecule has 3 N–H and O–H groups in total. The van der Waals surface area contributed by atoms with Gasteiger partial charge in [-0.15, -0.1) is 0 Å². The molecule has 0 saturated carbocycles. The normalized spacial score (nSPS) is 14.3. The number of halogens is 1. The number of nitrogens with zero attached hydrogens (tertiary/aromatic N) is 3. The minimum atomic E-state index is -0.439. The third-order valence-corrected chi connectivity index (χ3v) is 7.09. The van der Waals surface area contributed by atoms with Crippen molar-refractivity contribution < 1.29 is 18.8 Å². The van der Waals surface area contributed by atoms with Crippen molar-refractivity contribution in [3.05, 3.63) is 119 Å². The molecule has 2 aromatic heterocycles. The maximum Gasteiger partial charge on any atom is 0.276 e. The third-order valence-electron chi connectivity index (χ3n) is 7.09. The van der Waals surface area contributed by atoms with Gasteiger partial charge in [0.05, 0.1) is 13.1 Å². The number of benzene rings is 2. The van der Waals surface area contributed by atoms with Gasteiger partial charge in [-0.05, 0) is 60.5 Å². The number of aryl methyl sites for hydroxylation is 1.